The van der Waals surface area contributed by atoms with E-state index in [1.807, 2.05) is 58.6 Å². The number of fused-ring (bicyclic) bond motifs is 3. The quantitative estimate of drug-likeness (QED) is 0.355. The summed E-state index contributed by atoms with van der Waals surface area (Å²) in [6, 6.07) is 15.4. The second-order valence-electron chi connectivity index (χ2n) is 7.58. The van der Waals surface area contributed by atoms with Crippen LogP contribution in [0.15, 0.2) is 53.9 Å². The third-order valence-corrected chi connectivity index (χ3v) is 6.09. The standard InChI is InChI=1S/C23H18ClN3OS/c1-13(2)11-18-20-21(16-5-3-4-6-17(16)22(20)28)27(26-18)23-25-19(12-29-23)14-7-9-15(24)10-8-14/h3-10,12-13H,11H2,1-2H3. The molecule has 29 heavy (non-hydrogen) atoms. The molecule has 6 heteroatoms. The minimum absolute atomic E-state index is 0.0620. The van der Waals surface area contributed by atoms with E-state index < -0.39 is 0 Å². The Kier molecular flexibility index (Phi) is 4.37. The zero-order valence-electron chi connectivity index (χ0n) is 16.0. The van der Waals surface area contributed by atoms with Crippen molar-refractivity contribution in [3.05, 3.63) is 75.8 Å². The third kappa shape index (κ3) is 3.02. The van der Waals surface area contributed by atoms with Crippen LogP contribution in [-0.2, 0) is 6.42 Å². The van der Waals surface area contributed by atoms with Gasteiger partial charge in [-0.2, -0.15) is 5.10 Å². The summed E-state index contributed by atoms with van der Waals surface area (Å²) in [7, 11) is 0. The fraction of sp³-hybridized carbons (Fsp3) is 0.174. The molecule has 2 aromatic carbocycles. The molecule has 0 unspecified atom stereocenters. The summed E-state index contributed by atoms with van der Waals surface area (Å²) in [4.78, 5) is 17.9. The Hall–Kier alpha value is -2.76. The lowest BCUT2D eigenvalue weighted by Gasteiger charge is -2.04. The summed E-state index contributed by atoms with van der Waals surface area (Å²) in [6.45, 7) is 4.28. The van der Waals surface area contributed by atoms with Gasteiger partial charge in [0.25, 0.3) is 0 Å². The van der Waals surface area contributed by atoms with Crippen molar-refractivity contribution in [1.82, 2.24) is 14.8 Å². The van der Waals surface area contributed by atoms with Gasteiger partial charge in [0.05, 0.1) is 22.6 Å². The third-order valence-electron chi connectivity index (χ3n) is 5.03. The maximum absolute atomic E-state index is 13.1. The number of halogens is 1. The van der Waals surface area contributed by atoms with Crippen molar-refractivity contribution in [1.29, 1.82) is 0 Å². The lowest BCUT2D eigenvalue weighted by Crippen LogP contribution is -2.04. The maximum Gasteiger partial charge on any atom is 0.211 e. The molecule has 0 bridgehead atoms. The number of hydrogen-bond acceptors (Lipinski definition) is 4. The predicted molar refractivity (Wildman–Crippen MR) is 117 cm³/mol. The molecule has 1 aliphatic rings. The number of nitrogens with zero attached hydrogens (tertiary/aromatic N) is 3. The number of ketones is 1. The molecule has 0 saturated heterocycles. The van der Waals surface area contributed by atoms with Crippen LogP contribution < -0.4 is 0 Å². The van der Waals surface area contributed by atoms with Gasteiger partial charge in [0.1, 0.15) is 0 Å². The second kappa shape index (κ2) is 6.94. The highest BCUT2D eigenvalue weighted by Crippen LogP contribution is 2.41. The van der Waals surface area contributed by atoms with Crippen LogP contribution in [0.4, 0.5) is 0 Å². The molecule has 0 saturated carbocycles. The number of carbonyl (C=O) groups excluding carboxylic acids is 1. The second-order valence-corrected chi connectivity index (χ2v) is 8.85. The van der Waals surface area contributed by atoms with E-state index in [9.17, 15) is 4.79 Å². The first-order chi connectivity index (χ1) is 14.0. The Morgan fingerprint density at radius 2 is 1.79 bits per heavy atom. The highest BCUT2D eigenvalue weighted by Gasteiger charge is 2.35. The summed E-state index contributed by atoms with van der Waals surface area (Å²) in [5.41, 5.74) is 5.97. The van der Waals surface area contributed by atoms with Crippen LogP contribution in [0.1, 0.15) is 35.5 Å². The van der Waals surface area contributed by atoms with Crippen molar-refractivity contribution in [3.8, 4) is 27.6 Å². The smallest absolute Gasteiger partial charge is 0.211 e. The van der Waals surface area contributed by atoms with Crippen molar-refractivity contribution >= 4 is 28.7 Å². The molecule has 5 rings (SSSR count). The molecule has 0 aliphatic heterocycles. The zero-order valence-corrected chi connectivity index (χ0v) is 17.6. The van der Waals surface area contributed by atoms with Crippen LogP contribution in [0.3, 0.4) is 0 Å². The molecular formula is C23H18ClN3OS. The lowest BCUT2D eigenvalue weighted by molar-refractivity contribution is 0.104. The van der Waals surface area contributed by atoms with Crippen LogP contribution in [-0.4, -0.2) is 20.5 Å². The summed E-state index contributed by atoms with van der Waals surface area (Å²) in [5.74, 6) is 0.465. The zero-order chi connectivity index (χ0) is 20.1. The molecule has 0 atom stereocenters. The highest BCUT2D eigenvalue weighted by molar-refractivity contribution is 7.12. The van der Waals surface area contributed by atoms with E-state index >= 15 is 0 Å². The van der Waals surface area contributed by atoms with Gasteiger partial charge in [-0.05, 0) is 24.5 Å². The Balaban J connectivity index is 1.67. The Morgan fingerprint density at radius 3 is 2.52 bits per heavy atom. The maximum atomic E-state index is 13.1. The summed E-state index contributed by atoms with van der Waals surface area (Å²) in [5, 5.41) is 8.30. The first-order valence-corrected chi connectivity index (χ1v) is 10.8. The van der Waals surface area contributed by atoms with E-state index in [1.54, 1.807) is 0 Å². The van der Waals surface area contributed by atoms with Crippen molar-refractivity contribution in [2.24, 2.45) is 5.92 Å². The van der Waals surface area contributed by atoms with Crippen LogP contribution >= 0.6 is 22.9 Å². The number of benzene rings is 2. The molecule has 144 valence electrons. The number of aromatic nitrogens is 3. The fourth-order valence-corrected chi connectivity index (χ4v) is 4.67. The fourth-order valence-electron chi connectivity index (χ4n) is 3.76. The first-order valence-electron chi connectivity index (χ1n) is 9.50. The molecule has 0 spiro atoms. The van der Waals surface area contributed by atoms with Gasteiger partial charge in [-0.15, -0.1) is 11.3 Å². The molecule has 0 radical (unpaired) electrons. The van der Waals surface area contributed by atoms with Crippen LogP contribution in [0.2, 0.25) is 5.02 Å². The van der Waals surface area contributed by atoms with E-state index in [2.05, 4.69) is 13.8 Å². The molecule has 0 fully saturated rings. The van der Waals surface area contributed by atoms with Crippen molar-refractivity contribution in [2.75, 3.05) is 0 Å². The number of hydrogen-bond donors (Lipinski definition) is 0. The monoisotopic (exact) mass is 419 g/mol. The normalized spacial score (nSPS) is 12.5. The van der Waals surface area contributed by atoms with Crippen LogP contribution in [0.5, 0.6) is 0 Å². The van der Waals surface area contributed by atoms with Gasteiger partial charge in [-0.25, -0.2) is 9.67 Å². The van der Waals surface area contributed by atoms with Gasteiger partial charge < -0.3 is 0 Å². The van der Waals surface area contributed by atoms with Gasteiger partial charge in [0, 0.05) is 27.1 Å². The van der Waals surface area contributed by atoms with E-state index in [0.29, 0.717) is 10.9 Å². The van der Waals surface area contributed by atoms with Gasteiger partial charge >= 0.3 is 0 Å². The molecule has 2 heterocycles. The molecule has 4 aromatic rings. The van der Waals surface area contributed by atoms with E-state index in [1.165, 1.54) is 11.3 Å². The minimum atomic E-state index is 0.0620. The largest absolute Gasteiger partial charge is 0.288 e. The molecular weight excluding hydrogens is 402 g/mol. The van der Waals surface area contributed by atoms with Gasteiger partial charge in [-0.3, -0.25) is 4.79 Å². The Morgan fingerprint density at radius 1 is 1.07 bits per heavy atom. The van der Waals surface area contributed by atoms with Crippen molar-refractivity contribution in [2.45, 2.75) is 20.3 Å². The minimum Gasteiger partial charge on any atom is -0.288 e. The lowest BCUT2D eigenvalue weighted by atomic mass is 10.0. The molecule has 4 nitrogen and oxygen atoms in total. The van der Waals surface area contributed by atoms with Gasteiger partial charge in [0.2, 0.25) is 5.13 Å². The molecule has 2 aromatic heterocycles. The summed E-state index contributed by atoms with van der Waals surface area (Å²) in [6.07, 6.45) is 0.754. The van der Waals surface area contributed by atoms with Gasteiger partial charge in [0.15, 0.2) is 5.78 Å². The SMILES string of the molecule is CC(C)Cc1nn(-c2nc(-c3ccc(Cl)cc3)cs2)c2c1C(=O)c1ccccc1-2. The number of carbonyl (C=O) groups is 1. The van der Waals surface area contributed by atoms with Gasteiger partial charge in [-0.1, -0.05) is 61.8 Å². The van der Waals surface area contributed by atoms with Crippen LogP contribution in [0, 0.1) is 5.92 Å². The van der Waals surface area contributed by atoms with E-state index in [4.69, 9.17) is 21.7 Å². The summed E-state index contributed by atoms with van der Waals surface area (Å²) < 4.78 is 1.85. The predicted octanol–water partition coefficient (Wildman–Crippen LogP) is 6.06. The van der Waals surface area contributed by atoms with Crippen molar-refractivity contribution in [3.63, 3.8) is 0 Å². The van der Waals surface area contributed by atoms with E-state index in [0.717, 1.165) is 50.9 Å². The molecule has 0 amide bonds. The average molecular weight is 420 g/mol. The molecule has 0 N–H and O–H groups in total. The Labute approximate surface area is 177 Å². The first kappa shape index (κ1) is 18.3. The number of rotatable bonds is 4. The van der Waals surface area contributed by atoms with Crippen LogP contribution in [0.25, 0.3) is 27.6 Å². The summed E-state index contributed by atoms with van der Waals surface area (Å²) >= 11 is 7.53. The Bertz CT molecular complexity index is 1240. The average Bonchev–Trinajstić information content (AvgIpc) is 3.39. The van der Waals surface area contributed by atoms with E-state index in [-0.39, 0.29) is 5.78 Å². The van der Waals surface area contributed by atoms with Crippen molar-refractivity contribution < 1.29 is 4.79 Å². The molecule has 1 aliphatic carbocycles. The number of thiazole rings is 1. The highest BCUT2D eigenvalue weighted by atomic mass is 35.5. The topological polar surface area (TPSA) is 47.8 Å².